The van der Waals surface area contributed by atoms with Crippen LogP contribution >= 0.6 is 11.6 Å². The minimum absolute atomic E-state index is 0.0838. The summed E-state index contributed by atoms with van der Waals surface area (Å²) in [5.41, 5.74) is 0.283. The number of rotatable bonds is 3. The van der Waals surface area contributed by atoms with Crippen molar-refractivity contribution in [3.63, 3.8) is 0 Å². The van der Waals surface area contributed by atoms with E-state index in [2.05, 4.69) is 30.0 Å². The first kappa shape index (κ1) is 13.7. The van der Waals surface area contributed by atoms with Gasteiger partial charge in [0.25, 0.3) is 5.69 Å². The highest BCUT2D eigenvalue weighted by molar-refractivity contribution is 6.88. The van der Waals surface area contributed by atoms with Crippen molar-refractivity contribution in [1.29, 1.82) is 0 Å². The summed E-state index contributed by atoms with van der Waals surface area (Å²) in [6.45, 7) is 6.41. The fraction of sp³-hybridized carbons (Fsp3) is 0.273. The summed E-state index contributed by atoms with van der Waals surface area (Å²) < 4.78 is 1.43. The topological polar surface area (TPSA) is 73.8 Å². The van der Waals surface area contributed by atoms with Gasteiger partial charge in [-0.3, -0.25) is 10.1 Å². The number of hydrogen-bond donors (Lipinski definition) is 0. The molecule has 19 heavy (non-hydrogen) atoms. The second-order valence-corrected chi connectivity index (χ2v) is 10.6. The van der Waals surface area contributed by atoms with E-state index in [4.69, 9.17) is 11.6 Å². The zero-order chi connectivity index (χ0) is 14.2. The predicted octanol–water partition coefficient (Wildman–Crippen LogP) is 2.37. The molecule has 2 rings (SSSR count). The van der Waals surface area contributed by atoms with E-state index in [1.807, 2.05) is 0 Å². The van der Waals surface area contributed by atoms with Crippen LogP contribution in [0.1, 0.15) is 0 Å². The zero-order valence-electron chi connectivity index (χ0n) is 10.8. The molecule has 2 aromatic rings. The van der Waals surface area contributed by atoms with Gasteiger partial charge in [-0.25, -0.2) is 4.68 Å². The Hall–Kier alpha value is -1.73. The molecular formula is C11H13ClN4O2Si. The Morgan fingerprint density at radius 2 is 2.05 bits per heavy atom. The van der Waals surface area contributed by atoms with Crippen LogP contribution in [0.5, 0.6) is 0 Å². The third-order valence-corrected chi connectivity index (χ3v) is 4.64. The average Bonchev–Trinajstić information content (AvgIpc) is 2.77. The van der Waals surface area contributed by atoms with Gasteiger partial charge in [0.05, 0.1) is 16.4 Å². The summed E-state index contributed by atoms with van der Waals surface area (Å²) in [5, 5.41) is 20.4. The van der Waals surface area contributed by atoms with Crippen LogP contribution in [0.2, 0.25) is 24.7 Å². The van der Waals surface area contributed by atoms with Crippen molar-refractivity contribution >= 4 is 30.7 Å². The Morgan fingerprint density at radius 1 is 1.37 bits per heavy atom. The van der Waals surface area contributed by atoms with Gasteiger partial charge in [-0.05, 0) is 12.1 Å². The molecule has 0 spiro atoms. The Balaban J connectivity index is 2.53. The van der Waals surface area contributed by atoms with Crippen LogP contribution in [-0.4, -0.2) is 28.0 Å². The van der Waals surface area contributed by atoms with Crippen molar-refractivity contribution < 1.29 is 4.92 Å². The number of nitro benzene ring substituents is 1. The van der Waals surface area contributed by atoms with Gasteiger partial charge >= 0.3 is 0 Å². The number of hydrogen-bond acceptors (Lipinski definition) is 4. The van der Waals surface area contributed by atoms with E-state index in [0.29, 0.717) is 10.7 Å². The minimum Gasteiger partial charge on any atom is -0.258 e. The van der Waals surface area contributed by atoms with Crippen LogP contribution in [0.25, 0.3) is 5.69 Å². The van der Waals surface area contributed by atoms with Crippen molar-refractivity contribution in [3.8, 4) is 5.69 Å². The van der Waals surface area contributed by atoms with Crippen molar-refractivity contribution in [1.82, 2.24) is 15.0 Å². The molecule has 1 heterocycles. The van der Waals surface area contributed by atoms with E-state index in [1.54, 1.807) is 18.3 Å². The lowest BCUT2D eigenvalue weighted by molar-refractivity contribution is -0.384. The number of nitro groups is 1. The van der Waals surface area contributed by atoms with Gasteiger partial charge < -0.3 is 0 Å². The maximum absolute atomic E-state index is 11.0. The van der Waals surface area contributed by atoms with Gasteiger partial charge in [0.2, 0.25) is 0 Å². The first-order valence-electron chi connectivity index (χ1n) is 5.66. The van der Waals surface area contributed by atoms with Crippen molar-refractivity contribution in [3.05, 3.63) is 39.5 Å². The molecule has 0 N–H and O–H groups in total. The minimum atomic E-state index is -1.59. The first-order valence-corrected chi connectivity index (χ1v) is 9.54. The van der Waals surface area contributed by atoms with E-state index in [9.17, 15) is 10.1 Å². The molecule has 100 valence electrons. The molecule has 0 atom stereocenters. The summed E-state index contributed by atoms with van der Waals surface area (Å²) in [7, 11) is -1.59. The molecule has 0 aliphatic heterocycles. The lowest BCUT2D eigenvalue weighted by Gasteiger charge is -2.09. The molecule has 0 bridgehead atoms. The third kappa shape index (κ3) is 2.82. The lowest BCUT2D eigenvalue weighted by Crippen LogP contribution is -2.38. The van der Waals surface area contributed by atoms with E-state index in [1.165, 1.54) is 10.7 Å². The van der Waals surface area contributed by atoms with Crippen LogP contribution in [-0.2, 0) is 0 Å². The SMILES string of the molecule is C[Si](C)(C)c1cn(-c2ccc(Cl)cc2[N+](=O)[O-])nn1. The standard InChI is InChI=1S/C11H13ClN4O2Si/c1-19(2,3)11-7-15(14-13-11)9-5-4-8(12)6-10(9)16(17)18/h4-7H,1-3H3. The van der Waals surface area contributed by atoms with Crippen molar-refractivity contribution in [2.75, 3.05) is 0 Å². The predicted molar refractivity (Wildman–Crippen MR) is 76.0 cm³/mol. The smallest absolute Gasteiger partial charge is 0.258 e. The molecule has 0 aliphatic carbocycles. The maximum Gasteiger partial charge on any atom is 0.296 e. The second-order valence-electron chi connectivity index (χ2n) is 5.19. The van der Waals surface area contributed by atoms with Gasteiger partial charge in [-0.15, -0.1) is 5.10 Å². The molecule has 1 aromatic heterocycles. The fourth-order valence-electron chi connectivity index (χ4n) is 1.56. The molecule has 0 aliphatic rings. The number of aromatic nitrogens is 3. The molecule has 0 fully saturated rings. The van der Waals surface area contributed by atoms with Crippen LogP contribution in [0.3, 0.4) is 0 Å². The van der Waals surface area contributed by atoms with E-state index < -0.39 is 13.0 Å². The molecule has 0 unspecified atom stereocenters. The number of benzene rings is 1. The maximum atomic E-state index is 11.0. The zero-order valence-corrected chi connectivity index (χ0v) is 12.5. The highest BCUT2D eigenvalue weighted by Crippen LogP contribution is 2.25. The molecule has 0 amide bonds. The van der Waals surface area contributed by atoms with Crippen LogP contribution in [0.4, 0.5) is 5.69 Å². The number of nitrogens with zero attached hydrogens (tertiary/aromatic N) is 4. The van der Waals surface area contributed by atoms with Crippen LogP contribution in [0, 0.1) is 10.1 Å². The summed E-state index contributed by atoms with van der Waals surface area (Å²) in [5.74, 6) is 0. The van der Waals surface area contributed by atoms with Crippen LogP contribution in [0.15, 0.2) is 24.4 Å². The van der Waals surface area contributed by atoms with E-state index in [0.717, 1.165) is 5.32 Å². The normalized spacial score (nSPS) is 11.6. The first-order chi connectivity index (χ1) is 8.79. The van der Waals surface area contributed by atoms with Gasteiger partial charge in [0, 0.05) is 11.1 Å². The lowest BCUT2D eigenvalue weighted by atomic mass is 10.3. The van der Waals surface area contributed by atoms with Crippen molar-refractivity contribution in [2.45, 2.75) is 19.6 Å². The molecule has 0 saturated heterocycles. The molecule has 1 aromatic carbocycles. The molecular weight excluding hydrogens is 284 g/mol. The fourth-order valence-corrected chi connectivity index (χ4v) is 2.58. The van der Waals surface area contributed by atoms with E-state index >= 15 is 0 Å². The monoisotopic (exact) mass is 296 g/mol. The Kier molecular flexibility index (Phi) is 3.42. The van der Waals surface area contributed by atoms with Gasteiger partial charge in [0.15, 0.2) is 0 Å². The highest BCUT2D eigenvalue weighted by Gasteiger charge is 2.23. The summed E-state index contributed by atoms with van der Waals surface area (Å²) in [4.78, 5) is 10.6. The van der Waals surface area contributed by atoms with E-state index in [-0.39, 0.29) is 5.69 Å². The Morgan fingerprint density at radius 3 is 2.58 bits per heavy atom. The van der Waals surface area contributed by atoms with Gasteiger partial charge in [-0.2, -0.15) is 0 Å². The third-order valence-electron chi connectivity index (χ3n) is 2.64. The molecule has 0 radical (unpaired) electrons. The largest absolute Gasteiger partial charge is 0.296 e. The van der Waals surface area contributed by atoms with Gasteiger partial charge in [0.1, 0.15) is 13.8 Å². The molecule has 8 heteroatoms. The summed E-state index contributed by atoms with van der Waals surface area (Å²) >= 11 is 5.78. The molecule has 6 nitrogen and oxygen atoms in total. The summed E-state index contributed by atoms with van der Waals surface area (Å²) in [6.07, 6.45) is 1.75. The molecule has 0 saturated carbocycles. The quantitative estimate of drug-likeness (QED) is 0.495. The Bertz CT molecular complexity index is 636. The van der Waals surface area contributed by atoms with Crippen LogP contribution < -0.4 is 5.32 Å². The Labute approximate surface area is 116 Å². The average molecular weight is 297 g/mol. The van der Waals surface area contributed by atoms with Gasteiger partial charge in [-0.1, -0.05) is 36.5 Å². The van der Waals surface area contributed by atoms with Crippen molar-refractivity contribution in [2.24, 2.45) is 0 Å². The summed E-state index contributed by atoms with van der Waals surface area (Å²) in [6, 6.07) is 4.48. The second kappa shape index (κ2) is 4.75. The highest BCUT2D eigenvalue weighted by atomic mass is 35.5. The number of halogens is 1.